The number of benzene rings is 3. The van der Waals surface area contributed by atoms with E-state index in [0.717, 1.165) is 27.8 Å². The Morgan fingerprint density at radius 1 is 0.879 bits per heavy atom. The number of hydrogen-bond donors (Lipinski definition) is 2. The molecule has 0 bridgehead atoms. The second-order valence-corrected chi connectivity index (χ2v) is 8.21. The van der Waals surface area contributed by atoms with Crippen LogP contribution in [0.2, 0.25) is 0 Å². The van der Waals surface area contributed by atoms with Crippen molar-refractivity contribution in [2.75, 3.05) is 5.32 Å². The summed E-state index contributed by atoms with van der Waals surface area (Å²) < 4.78 is 1.56. The van der Waals surface area contributed by atoms with Crippen molar-refractivity contribution < 1.29 is 4.79 Å². The van der Waals surface area contributed by atoms with Crippen LogP contribution in [-0.2, 0) is 11.8 Å². The Morgan fingerprint density at radius 3 is 1.97 bits per heavy atom. The summed E-state index contributed by atoms with van der Waals surface area (Å²) in [7, 11) is 1.73. The van der Waals surface area contributed by atoms with E-state index in [2.05, 4.69) is 5.32 Å². The van der Waals surface area contributed by atoms with Gasteiger partial charge in [0.05, 0.1) is 6.04 Å². The van der Waals surface area contributed by atoms with Gasteiger partial charge in [0.2, 0.25) is 5.91 Å². The van der Waals surface area contributed by atoms with Crippen LogP contribution in [-0.4, -0.2) is 16.5 Å². The summed E-state index contributed by atoms with van der Waals surface area (Å²) in [6.07, 6.45) is 1.82. The third-order valence-corrected chi connectivity index (χ3v) is 5.88. The summed E-state index contributed by atoms with van der Waals surface area (Å²) in [6, 6.07) is 28.1. The van der Waals surface area contributed by atoms with Crippen LogP contribution in [0.4, 0.5) is 5.69 Å². The lowest BCUT2D eigenvalue weighted by molar-refractivity contribution is -0.117. The molecule has 1 aromatic heterocycles. The quantitative estimate of drug-likeness (QED) is 0.468. The first-order valence-electron chi connectivity index (χ1n) is 10.9. The summed E-state index contributed by atoms with van der Waals surface area (Å²) in [5.74, 6) is -0.515. The van der Waals surface area contributed by atoms with Crippen LogP contribution in [0.5, 0.6) is 0 Å². The maximum atomic E-state index is 13.1. The molecule has 5 heteroatoms. The number of rotatable bonds is 6. The molecular weight excluding hydrogens is 410 g/mol. The zero-order chi connectivity index (χ0) is 23.4. The molecule has 1 heterocycles. The van der Waals surface area contributed by atoms with Crippen LogP contribution in [0.15, 0.2) is 102 Å². The minimum absolute atomic E-state index is 0.0412. The second kappa shape index (κ2) is 9.67. The number of nitrogens with zero attached hydrogens (tertiary/aromatic N) is 1. The molecule has 4 rings (SSSR count). The van der Waals surface area contributed by atoms with E-state index in [-0.39, 0.29) is 17.4 Å². The predicted octanol–water partition coefficient (Wildman–Crippen LogP) is 4.46. The molecule has 1 atom stereocenters. The Kier molecular flexibility index (Phi) is 6.52. The fourth-order valence-electron chi connectivity index (χ4n) is 4.06. The molecule has 3 N–H and O–H groups in total. The molecule has 166 valence electrons. The lowest BCUT2D eigenvalue weighted by atomic mass is 9.85. The number of hydrogen-bond acceptors (Lipinski definition) is 3. The van der Waals surface area contributed by atoms with Gasteiger partial charge in [0.25, 0.3) is 5.56 Å². The van der Waals surface area contributed by atoms with E-state index in [1.807, 2.05) is 98.0 Å². The molecule has 4 aromatic rings. The summed E-state index contributed by atoms with van der Waals surface area (Å²) in [4.78, 5) is 24.9. The van der Waals surface area contributed by atoms with E-state index >= 15 is 0 Å². The van der Waals surface area contributed by atoms with E-state index in [4.69, 9.17) is 5.73 Å². The molecule has 0 fully saturated rings. The zero-order valence-electron chi connectivity index (χ0n) is 18.7. The number of aryl methyl sites for hydroxylation is 2. The van der Waals surface area contributed by atoms with E-state index in [1.54, 1.807) is 17.7 Å². The number of aromatic nitrogens is 1. The molecule has 5 nitrogen and oxygen atoms in total. The fourth-order valence-corrected chi connectivity index (χ4v) is 4.06. The average molecular weight is 438 g/mol. The number of carbonyl (C=O) groups is 1. The summed E-state index contributed by atoms with van der Waals surface area (Å²) in [6.45, 7) is 1.92. The van der Waals surface area contributed by atoms with Gasteiger partial charge in [0.15, 0.2) is 0 Å². The summed E-state index contributed by atoms with van der Waals surface area (Å²) in [5.41, 5.74) is 12.0. The third kappa shape index (κ3) is 4.94. The smallest absolute Gasteiger partial charge is 0.250 e. The predicted molar refractivity (Wildman–Crippen MR) is 133 cm³/mol. The fraction of sp³-hybridized carbons (Fsp3) is 0.143. The lowest BCUT2D eigenvalue weighted by Crippen LogP contribution is -2.41. The van der Waals surface area contributed by atoms with Gasteiger partial charge in [-0.25, -0.2) is 0 Å². The molecule has 1 amide bonds. The second-order valence-electron chi connectivity index (χ2n) is 8.21. The molecule has 0 saturated carbocycles. The molecule has 0 aliphatic carbocycles. The topological polar surface area (TPSA) is 77.1 Å². The molecule has 0 radical (unpaired) electrons. The van der Waals surface area contributed by atoms with Gasteiger partial charge in [-0.1, -0.05) is 72.8 Å². The molecule has 0 spiro atoms. The largest absolute Gasteiger partial charge is 0.325 e. The van der Waals surface area contributed by atoms with E-state index in [1.165, 1.54) is 0 Å². The molecule has 1 unspecified atom stereocenters. The maximum Gasteiger partial charge on any atom is 0.250 e. The molecule has 33 heavy (non-hydrogen) atoms. The molecule has 3 aromatic carbocycles. The highest BCUT2D eigenvalue weighted by Gasteiger charge is 2.27. The maximum absolute atomic E-state index is 13.1. The third-order valence-electron chi connectivity index (χ3n) is 5.88. The number of amides is 1. The van der Waals surface area contributed by atoms with Crippen molar-refractivity contribution >= 4 is 11.6 Å². The van der Waals surface area contributed by atoms with E-state index in [0.29, 0.717) is 5.69 Å². The van der Waals surface area contributed by atoms with Gasteiger partial charge < -0.3 is 15.6 Å². The van der Waals surface area contributed by atoms with E-state index in [9.17, 15) is 9.59 Å². The Bertz CT molecular complexity index is 1260. The first-order valence-corrected chi connectivity index (χ1v) is 10.9. The van der Waals surface area contributed by atoms with Gasteiger partial charge in [-0.2, -0.15) is 0 Å². The van der Waals surface area contributed by atoms with Crippen molar-refractivity contribution in [3.63, 3.8) is 0 Å². The van der Waals surface area contributed by atoms with Gasteiger partial charge in [-0.15, -0.1) is 0 Å². The van der Waals surface area contributed by atoms with Gasteiger partial charge in [-0.05, 0) is 41.3 Å². The van der Waals surface area contributed by atoms with Crippen molar-refractivity contribution in [2.45, 2.75) is 18.9 Å². The van der Waals surface area contributed by atoms with Crippen molar-refractivity contribution in [3.8, 4) is 11.1 Å². The van der Waals surface area contributed by atoms with Crippen LogP contribution >= 0.6 is 0 Å². The van der Waals surface area contributed by atoms with Gasteiger partial charge in [0, 0.05) is 36.5 Å². The Hall–Kier alpha value is -3.96. The highest BCUT2D eigenvalue weighted by molar-refractivity contribution is 5.96. The lowest BCUT2D eigenvalue weighted by Gasteiger charge is -2.24. The number of pyridine rings is 1. The molecule has 0 aliphatic heterocycles. The highest BCUT2D eigenvalue weighted by atomic mass is 16.2. The monoisotopic (exact) mass is 437 g/mol. The Morgan fingerprint density at radius 2 is 1.42 bits per heavy atom. The van der Waals surface area contributed by atoms with Crippen LogP contribution in [0.1, 0.15) is 22.6 Å². The van der Waals surface area contributed by atoms with E-state index < -0.39 is 6.04 Å². The Labute approximate surface area is 193 Å². The van der Waals surface area contributed by atoms with Crippen LogP contribution in [0, 0.1) is 6.92 Å². The molecule has 0 aliphatic rings. The average Bonchev–Trinajstić information content (AvgIpc) is 2.83. The SMILES string of the molecule is Cc1cc(=O)n(C)cc1-c1ccc(NC(=O)C(N)C(c2ccccc2)c2ccccc2)cc1. The van der Waals surface area contributed by atoms with Crippen molar-refractivity contribution in [2.24, 2.45) is 12.8 Å². The number of anilines is 1. The van der Waals surface area contributed by atoms with Gasteiger partial charge in [0.1, 0.15) is 0 Å². The minimum atomic E-state index is -0.764. The Balaban J connectivity index is 1.56. The van der Waals surface area contributed by atoms with Crippen LogP contribution < -0.4 is 16.6 Å². The number of nitrogens with one attached hydrogen (secondary N) is 1. The van der Waals surface area contributed by atoms with Gasteiger partial charge in [-0.3, -0.25) is 9.59 Å². The zero-order valence-corrected chi connectivity index (χ0v) is 18.7. The molecule has 0 saturated heterocycles. The molecular formula is C28H27N3O2. The van der Waals surface area contributed by atoms with Crippen molar-refractivity contribution in [1.29, 1.82) is 0 Å². The highest BCUT2D eigenvalue weighted by Crippen LogP contribution is 2.28. The number of carbonyl (C=O) groups excluding carboxylic acids is 1. The van der Waals surface area contributed by atoms with Crippen molar-refractivity contribution in [3.05, 3.63) is 124 Å². The number of nitrogens with two attached hydrogens (primary N) is 1. The summed E-state index contributed by atoms with van der Waals surface area (Å²) in [5, 5.41) is 2.96. The van der Waals surface area contributed by atoms with Gasteiger partial charge >= 0.3 is 0 Å². The van der Waals surface area contributed by atoms with Crippen LogP contribution in [0.3, 0.4) is 0 Å². The minimum Gasteiger partial charge on any atom is -0.325 e. The van der Waals surface area contributed by atoms with Crippen LogP contribution in [0.25, 0.3) is 11.1 Å². The first kappa shape index (κ1) is 22.2. The summed E-state index contributed by atoms with van der Waals surface area (Å²) >= 11 is 0. The standard InChI is InChI=1S/C28H27N3O2/c1-19-17-25(32)31(2)18-24(19)20-13-15-23(16-14-20)30-28(33)27(29)26(21-9-5-3-6-10-21)22-11-7-4-8-12-22/h3-18,26-27H,29H2,1-2H3,(H,30,33). The first-order chi connectivity index (χ1) is 15.9. The normalized spacial score (nSPS) is 11.9. The van der Waals surface area contributed by atoms with Crippen molar-refractivity contribution in [1.82, 2.24) is 4.57 Å².